The fourth-order valence-corrected chi connectivity index (χ4v) is 2.02. The van der Waals surface area contributed by atoms with Crippen molar-refractivity contribution in [3.05, 3.63) is 0 Å². The molecule has 0 aromatic rings. The number of unbranched alkanes of at least 4 members (excludes halogenated alkanes) is 1. The van der Waals surface area contributed by atoms with Crippen molar-refractivity contribution >= 4 is 5.97 Å². The first-order chi connectivity index (χ1) is 8.96. The Labute approximate surface area is 117 Å². The third kappa shape index (κ3) is 8.18. The zero-order valence-electron chi connectivity index (χ0n) is 13.0. The molecule has 1 unspecified atom stereocenters. The van der Waals surface area contributed by atoms with E-state index >= 15 is 0 Å². The maximum atomic E-state index is 11.8. The zero-order chi connectivity index (χ0) is 14.7. The second-order valence-electron chi connectivity index (χ2n) is 5.19. The van der Waals surface area contributed by atoms with Gasteiger partial charge in [-0.1, -0.05) is 0 Å². The van der Waals surface area contributed by atoms with Crippen molar-refractivity contribution in [1.29, 1.82) is 0 Å². The summed E-state index contributed by atoms with van der Waals surface area (Å²) in [4.78, 5) is 11.8. The van der Waals surface area contributed by atoms with Crippen LogP contribution < -0.4 is 5.32 Å². The molecule has 0 spiro atoms. The molecule has 0 rings (SSSR count). The van der Waals surface area contributed by atoms with Gasteiger partial charge >= 0.3 is 5.97 Å². The van der Waals surface area contributed by atoms with Crippen LogP contribution in [0, 0.1) is 0 Å². The van der Waals surface area contributed by atoms with Crippen molar-refractivity contribution in [2.75, 3.05) is 34.0 Å². The fourth-order valence-electron chi connectivity index (χ4n) is 2.02. The summed E-state index contributed by atoms with van der Waals surface area (Å²) < 4.78 is 15.2. The first kappa shape index (κ1) is 18.4. The van der Waals surface area contributed by atoms with E-state index in [1.807, 2.05) is 20.8 Å². The van der Waals surface area contributed by atoms with E-state index in [2.05, 4.69) is 5.32 Å². The molecule has 0 aromatic carbocycles. The van der Waals surface area contributed by atoms with Crippen LogP contribution in [0.5, 0.6) is 0 Å². The summed E-state index contributed by atoms with van der Waals surface area (Å²) in [5.41, 5.74) is -0.616. The minimum atomic E-state index is -0.616. The van der Waals surface area contributed by atoms with Crippen molar-refractivity contribution in [2.24, 2.45) is 0 Å². The van der Waals surface area contributed by atoms with Crippen LogP contribution in [0.25, 0.3) is 0 Å². The normalized spacial score (nSPS) is 14.4. The summed E-state index contributed by atoms with van der Waals surface area (Å²) >= 11 is 0. The molecule has 5 heteroatoms. The molecule has 0 amide bonds. The number of nitrogens with one attached hydrogen (secondary N) is 1. The molecule has 0 saturated carbocycles. The first-order valence-corrected chi connectivity index (χ1v) is 6.89. The molecule has 19 heavy (non-hydrogen) atoms. The predicted octanol–water partition coefficient (Wildman–Crippen LogP) is 1.75. The van der Waals surface area contributed by atoms with Gasteiger partial charge in [0.15, 0.2) is 0 Å². The van der Waals surface area contributed by atoms with Gasteiger partial charge in [-0.3, -0.25) is 10.1 Å². The van der Waals surface area contributed by atoms with Crippen molar-refractivity contribution in [3.8, 4) is 0 Å². The lowest BCUT2D eigenvalue weighted by Gasteiger charge is -2.30. The van der Waals surface area contributed by atoms with E-state index in [4.69, 9.17) is 14.2 Å². The molecule has 0 aliphatic carbocycles. The number of methoxy groups -OCH3 is 2. The maximum Gasteiger partial charge on any atom is 0.325 e. The van der Waals surface area contributed by atoms with Gasteiger partial charge in [0, 0.05) is 19.8 Å². The largest absolute Gasteiger partial charge is 0.468 e. The Morgan fingerprint density at radius 3 is 2.37 bits per heavy atom. The molecule has 0 saturated heterocycles. The molecule has 0 aromatic heterocycles. The smallest absolute Gasteiger partial charge is 0.325 e. The molecule has 0 radical (unpaired) electrons. The highest BCUT2D eigenvalue weighted by molar-refractivity contribution is 5.80. The first-order valence-electron chi connectivity index (χ1n) is 6.89. The van der Waals surface area contributed by atoms with Crippen molar-refractivity contribution in [2.45, 2.75) is 51.6 Å². The van der Waals surface area contributed by atoms with Crippen LogP contribution in [0.1, 0.15) is 40.0 Å². The van der Waals surface area contributed by atoms with E-state index in [1.165, 1.54) is 7.11 Å². The standard InChI is InChI=1S/C14H29NO4/c1-12(2)15-14(3,13(16)18-5)8-6-7-9-19-11-10-17-4/h12,15H,6-11H2,1-5H3. The van der Waals surface area contributed by atoms with Gasteiger partial charge in [-0.05, 0) is 40.0 Å². The second-order valence-corrected chi connectivity index (χ2v) is 5.19. The van der Waals surface area contributed by atoms with Gasteiger partial charge in [-0.15, -0.1) is 0 Å². The fraction of sp³-hybridized carbons (Fsp3) is 0.929. The van der Waals surface area contributed by atoms with Gasteiger partial charge in [-0.2, -0.15) is 0 Å². The van der Waals surface area contributed by atoms with E-state index in [9.17, 15) is 4.79 Å². The Morgan fingerprint density at radius 1 is 1.16 bits per heavy atom. The van der Waals surface area contributed by atoms with Crippen LogP contribution in [0.2, 0.25) is 0 Å². The van der Waals surface area contributed by atoms with E-state index in [0.29, 0.717) is 19.8 Å². The highest BCUT2D eigenvalue weighted by atomic mass is 16.5. The Kier molecular flexibility index (Phi) is 9.83. The maximum absolute atomic E-state index is 11.8. The lowest BCUT2D eigenvalue weighted by molar-refractivity contribution is -0.148. The minimum Gasteiger partial charge on any atom is -0.468 e. The summed E-state index contributed by atoms with van der Waals surface area (Å²) in [6.07, 6.45) is 2.58. The van der Waals surface area contributed by atoms with Gasteiger partial charge in [0.05, 0.1) is 20.3 Å². The molecular weight excluding hydrogens is 246 g/mol. The Morgan fingerprint density at radius 2 is 1.84 bits per heavy atom. The number of esters is 1. The highest BCUT2D eigenvalue weighted by Crippen LogP contribution is 2.17. The predicted molar refractivity (Wildman–Crippen MR) is 75.2 cm³/mol. The summed E-state index contributed by atoms with van der Waals surface area (Å²) in [5.74, 6) is -0.207. The van der Waals surface area contributed by atoms with Gasteiger partial charge in [0.2, 0.25) is 0 Å². The molecule has 5 nitrogen and oxygen atoms in total. The quantitative estimate of drug-likeness (QED) is 0.460. The minimum absolute atomic E-state index is 0.207. The lowest BCUT2D eigenvalue weighted by Crippen LogP contribution is -2.52. The molecule has 0 aliphatic rings. The molecule has 0 heterocycles. The van der Waals surface area contributed by atoms with Crippen molar-refractivity contribution < 1.29 is 19.0 Å². The van der Waals surface area contributed by atoms with Crippen LogP contribution >= 0.6 is 0 Å². The second kappa shape index (κ2) is 10.2. The van der Waals surface area contributed by atoms with Crippen LogP contribution in [-0.2, 0) is 19.0 Å². The van der Waals surface area contributed by atoms with Crippen LogP contribution in [0.15, 0.2) is 0 Å². The van der Waals surface area contributed by atoms with Gasteiger partial charge in [-0.25, -0.2) is 0 Å². The number of rotatable bonds is 11. The SMILES string of the molecule is COCCOCCCCC(C)(NC(C)C)C(=O)OC. The average Bonchev–Trinajstić information content (AvgIpc) is 2.35. The monoisotopic (exact) mass is 275 g/mol. The van der Waals surface area contributed by atoms with E-state index in [0.717, 1.165) is 19.3 Å². The van der Waals surface area contributed by atoms with Crippen molar-refractivity contribution in [3.63, 3.8) is 0 Å². The molecule has 1 atom stereocenters. The van der Waals surface area contributed by atoms with Crippen LogP contribution in [-0.4, -0.2) is 51.6 Å². The van der Waals surface area contributed by atoms with E-state index in [-0.39, 0.29) is 12.0 Å². The summed E-state index contributed by atoms with van der Waals surface area (Å²) in [5, 5.41) is 3.28. The molecule has 0 bridgehead atoms. The number of hydrogen-bond acceptors (Lipinski definition) is 5. The van der Waals surface area contributed by atoms with Crippen LogP contribution in [0.4, 0.5) is 0 Å². The van der Waals surface area contributed by atoms with Gasteiger partial charge < -0.3 is 14.2 Å². The summed E-state index contributed by atoms with van der Waals surface area (Å²) in [6, 6.07) is 0.238. The van der Waals surface area contributed by atoms with Crippen LogP contribution in [0.3, 0.4) is 0 Å². The summed E-state index contributed by atoms with van der Waals surface area (Å²) in [7, 11) is 3.08. The third-order valence-corrected chi connectivity index (χ3v) is 2.89. The average molecular weight is 275 g/mol. The molecule has 1 N–H and O–H groups in total. The number of carbonyl (C=O) groups excluding carboxylic acids is 1. The molecular formula is C14H29NO4. The molecule has 0 aliphatic heterocycles. The van der Waals surface area contributed by atoms with E-state index < -0.39 is 5.54 Å². The number of ether oxygens (including phenoxy) is 3. The highest BCUT2D eigenvalue weighted by Gasteiger charge is 2.33. The topological polar surface area (TPSA) is 56.8 Å². The lowest BCUT2D eigenvalue weighted by atomic mass is 9.94. The third-order valence-electron chi connectivity index (χ3n) is 2.89. The summed E-state index contributed by atoms with van der Waals surface area (Å²) in [6.45, 7) is 7.88. The van der Waals surface area contributed by atoms with Gasteiger partial charge in [0.25, 0.3) is 0 Å². The number of hydrogen-bond donors (Lipinski definition) is 1. The Hall–Kier alpha value is -0.650. The Bertz CT molecular complexity index is 246. The zero-order valence-corrected chi connectivity index (χ0v) is 13.0. The molecule has 0 fully saturated rings. The Balaban J connectivity index is 3.97. The molecule has 114 valence electrons. The van der Waals surface area contributed by atoms with Gasteiger partial charge in [0.1, 0.15) is 5.54 Å². The van der Waals surface area contributed by atoms with Crippen molar-refractivity contribution in [1.82, 2.24) is 5.32 Å². The number of carbonyl (C=O) groups is 1. The van der Waals surface area contributed by atoms with E-state index in [1.54, 1.807) is 7.11 Å².